The zero-order valence-corrected chi connectivity index (χ0v) is 15.4. The Balaban J connectivity index is 1.79. The lowest BCUT2D eigenvalue weighted by atomic mass is 9.98. The van der Waals surface area contributed by atoms with E-state index in [9.17, 15) is 9.59 Å². The zero-order valence-electron chi connectivity index (χ0n) is 15.4. The van der Waals surface area contributed by atoms with E-state index in [1.54, 1.807) is 0 Å². The number of hydrogen-bond acceptors (Lipinski definition) is 2. The Morgan fingerprint density at radius 3 is 1.81 bits per heavy atom. The van der Waals surface area contributed by atoms with E-state index in [0.717, 1.165) is 22.3 Å². The van der Waals surface area contributed by atoms with Crippen LogP contribution in [0.2, 0.25) is 0 Å². The molecule has 0 aliphatic carbocycles. The molecule has 0 saturated carbocycles. The molecule has 0 saturated heterocycles. The van der Waals surface area contributed by atoms with Gasteiger partial charge in [-0.1, -0.05) is 78.4 Å². The van der Waals surface area contributed by atoms with E-state index in [2.05, 4.69) is 10.6 Å². The zero-order chi connectivity index (χ0) is 19.2. The average molecular weight is 358 g/mol. The molecule has 0 bridgehead atoms. The monoisotopic (exact) mass is 358 g/mol. The molecule has 27 heavy (non-hydrogen) atoms. The Labute approximate surface area is 159 Å². The van der Waals surface area contributed by atoms with Crippen molar-refractivity contribution in [2.75, 3.05) is 5.32 Å². The molecule has 136 valence electrons. The molecule has 0 unspecified atom stereocenters. The minimum absolute atomic E-state index is 0.398. The molecular formula is C23H22N2O2. The van der Waals surface area contributed by atoms with Crippen LogP contribution in [-0.2, 0) is 9.59 Å². The molecule has 0 aromatic heterocycles. The van der Waals surface area contributed by atoms with Crippen molar-refractivity contribution in [2.24, 2.45) is 0 Å². The number of hydrogen-bond donors (Lipinski definition) is 2. The van der Waals surface area contributed by atoms with Crippen LogP contribution < -0.4 is 10.6 Å². The van der Waals surface area contributed by atoms with Crippen molar-refractivity contribution in [1.29, 1.82) is 0 Å². The van der Waals surface area contributed by atoms with Crippen molar-refractivity contribution < 1.29 is 9.59 Å². The Kier molecular flexibility index (Phi) is 5.67. The number of amides is 2. The highest BCUT2D eigenvalue weighted by Crippen LogP contribution is 2.22. The fraction of sp³-hybridized carbons (Fsp3) is 0.130. The van der Waals surface area contributed by atoms with Gasteiger partial charge in [0, 0.05) is 5.69 Å². The average Bonchev–Trinajstić information content (AvgIpc) is 2.69. The van der Waals surface area contributed by atoms with Gasteiger partial charge >= 0.3 is 11.8 Å². The fourth-order valence-corrected chi connectivity index (χ4v) is 2.98. The highest BCUT2D eigenvalue weighted by molar-refractivity contribution is 6.39. The molecule has 0 aliphatic rings. The predicted molar refractivity (Wildman–Crippen MR) is 107 cm³/mol. The van der Waals surface area contributed by atoms with E-state index in [0.29, 0.717) is 5.69 Å². The third kappa shape index (κ3) is 4.61. The molecule has 3 aromatic carbocycles. The SMILES string of the molecule is Cc1ccc(NC(=O)C(=O)NC(c2ccccc2)c2ccccc2)c(C)c1. The maximum Gasteiger partial charge on any atom is 0.313 e. The lowest BCUT2D eigenvalue weighted by Crippen LogP contribution is -2.38. The lowest BCUT2D eigenvalue weighted by molar-refractivity contribution is -0.136. The van der Waals surface area contributed by atoms with Crippen LogP contribution in [0.3, 0.4) is 0 Å². The van der Waals surface area contributed by atoms with Gasteiger partial charge in [0.2, 0.25) is 0 Å². The molecule has 2 N–H and O–H groups in total. The summed E-state index contributed by atoms with van der Waals surface area (Å²) in [6.45, 7) is 3.88. The molecule has 0 spiro atoms. The molecule has 0 atom stereocenters. The van der Waals surface area contributed by atoms with E-state index in [-0.39, 0.29) is 0 Å². The Bertz CT molecular complexity index is 898. The van der Waals surface area contributed by atoms with Crippen molar-refractivity contribution in [1.82, 2.24) is 5.32 Å². The number of carbonyl (C=O) groups is 2. The smallest absolute Gasteiger partial charge is 0.313 e. The van der Waals surface area contributed by atoms with Crippen LogP contribution >= 0.6 is 0 Å². The summed E-state index contributed by atoms with van der Waals surface area (Å²) >= 11 is 0. The Morgan fingerprint density at radius 1 is 0.741 bits per heavy atom. The summed E-state index contributed by atoms with van der Waals surface area (Å²) < 4.78 is 0. The molecule has 0 aliphatic heterocycles. The van der Waals surface area contributed by atoms with Crippen LogP contribution in [0.25, 0.3) is 0 Å². The first-order chi connectivity index (χ1) is 13.0. The third-order valence-electron chi connectivity index (χ3n) is 4.38. The molecule has 4 heteroatoms. The first kappa shape index (κ1) is 18.4. The van der Waals surface area contributed by atoms with Crippen LogP contribution in [0.15, 0.2) is 78.9 Å². The number of rotatable bonds is 4. The number of nitrogens with one attached hydrogen (secondary N) is 2. The molecule has 3 rings (SSSR count). The number of anilines is 1. The summed E-state index contributed by atoms with van der Waals surface area (Å²) in [7, 11) is 0. The third-order valence-corrected chi connectivity index (χ3v) is 4.38. The number of benzene rings is 3. The molecular weight excluding hydrogens is 336 g/mol. The van der Waals surface area contributed by atoms with E-state index in [4.69, 9.17) is 0 Å². The Morgan fingerprint density at radius 2 is 1.30 bits per heavy atom. The van der Waals surface area contributed by atoms with Crippen molar-refractivity contribution in [3.63, 3.8) is 0 Å². The maximum absolute atomic E-state index is 12.6. The Hall–Kier alpha value is -3.40. The normalized spacial score (nSPS) is 10.5. The van der Waals surface area contributed by atoms with Gasteiger partial charge < -0.3 is 10.6 Å². The highest BCUT2D eigenvalue weighted by Gasteiger charge is 2.21. The van der Waals surface area contributed by atoms with E-state index in [1.165, 1.54) is 0 Å². The van der Waals surface area contributed by atoms with Crippen LogP contribution in [-0.4, -0.2) is 11.8 Å². The second kappa shape index (κ2) is 8.32. The van der Waals surface area contributed by atoms with E-state index < -0.39 is 17.9 Å². The fourth-order valence-electron chi connectivity index (χ4n) is 2.98. The summed E-state index contributed by atoms with van der Waals surface area (Å²) in [4.78, 5) is 25.0. The van der Waals surface area contributed by atoms with Gasteiger partial charge in [0.05, 0.1) is 6.04 Å². The quantitative estimate of drug-likeness (QED) is 0.689. The van der Waals surface area contributed by atoms with Crippen LogP contribution in [0.4, 0.5) is 5.69 Å². The molecule has 0 fully saturated rings. The second-order valence-electron chi connectivity index (χ2n) is 6.50. The second-order valence-corrected chi connectivity index (χ2v) is 6.50. The minimum Gasteiger partial charge on any atom is -0.337 e. The molecule has 2 amide bonds. The lowest BCUT2D eigenvalue weighted by Gasteiger charge is -2.19. The summed E-state index contributed by atoms with van der Waals surface area (Å²) in [6.07, 6.45) is 0. The van der Waals surface area contributed by atoms with Crippen molar-refractivity contribution >= 4 is 17.5 Å². The predicted octanol–water partition coefficient (Wildman–Crippen LogP) is 4.15. The standard InChI is InChI=1S/C23H22N2O2/c1-16-13-14-20(17(2)15-16)24-22(26)23(27)25-21(18-9-5-3-6-10-18)19-11-7-4-8-12-19/h3-15,21H,1-2H3,(H,24,26)(H,25,27). The molecule has 3 aromatic rings. The summed E-state index contributed by atoms with van der Waals surface area (Å²) in [5.41, 5.74) is 4.48. The minimum atomic E-state index is -0.682. The van der Waals surface area contributed by atoms with Gasteiger partial charge in [-0.3, -0.25) is 9.59 Å². The van der Waals surface area contributed by atoms with Crippen molar-refractivity contribution in [3.8, 4) is 0 Å². The van der Waals surface area contributed by atoms with Crippen LogP contribution in [0.5, 0.6) is 0 Å². The molecule has 0 heterocycles. The molecule has 4 nitrogen and oxygen atoms in total. The summed E-state index contributed by atoms with van der Waals surface area (Å²) in [6, 6.07) is 24.5. The van der Waals surface area contributed by atoms with Crippen LogP contribution in [0, 0.1) is 13.8 Å². The topological polar surface area (TPSA) is 58.2 Å². The summed E-state index contributed by atoms with van der Waals surface area (Å²) in [5.74, 6) is -1.36. The van der Waals surface area contributed by atoms with Gasteiger partial charge in [-0.25, -0.2) is 0 Å². The number of aryl methyl sites for hydroxylation is 2. The maximum atomic E-state index is 12.6. The largest absolute Gasteiger partial charge is 0.337 e. The summed E-state index contributed by atoms with van der Waals surface area (Å²) in [5, 5.41) is 5.54. The number of carbonyl (C=O) groups excluding carboxylic acids is 2. The highest BCUT2D eigenvalue weighted by atomic mass is 16.2. The van der Waals surface area contributed by atoms with Crippen molar-refractivity contribution in [2.45, 2.75) is 19.9 Å². The van der Waals surface area contributed by atoms with Gasteiger partial charge in [-0.2, -0.15) is 0 Å². The van der Waals surface area contributed by atoms with Gasteiger partial charge in [0.15, 0.2) is 0 Å². The van der Waals surface area contributed by atoms with Crippen molar-refractivity contribution in [3.05, 3.63) is 101 Å². The van der Waals surface area contributed by atoms with Gasteiger partial charge in [-0.15, -0.1) is 0 Å². The van der Waals surface area contributed by atoms with E-state index >= 15 is 0 Å². The van der Waals surface area contributed by atoms with Crippen LogP contribution in [0.1, 0.15) is 28.3 Å². The van der Waals surface area contributed by atoms with Gasteiger partial charge in [-0.05, 0) is 36.6 Å². The first-order valence-corrected chi connectivity index (χ1v) is 8.83. The van der Waals surface area contributed by atoms with Gasteiger partial charge in [0.25, 0.3) is 0 Å². The van der Waals surface area contributed by atoms with Gasteiger partial charge in [0.1, 0.15) is 0 Å². The van der Waals surface area contributed by atoms with E-state index in [1.807, 2.05) is 92.7 Å². The first-order valence-electron chi connectivity index (χ1n) is 8.83. The molecule has 0 radical (unpaired) electrons.